The Balaban J connectivity index is 3.73. The van der Waals surface area contributed by atoms with E-state index in [1.54, 1.807) is 0 Å². The van der Waals surface area contributed by atoms with E-state index in [1.807, 2.05) is 0 Å². The summed E-state index contributed by atoms with van der Waals surface area (Å²) < 4.78 is 6.00. The van der Waals surface area contributed by atoms with Crippen molar-refractivity contribution < 1.29 is 4.52 Å². The highest BCUT2D eigenvalue weighted by Crippen LogP contribution is 2.97. The van der Waals surface area contributed by atoms with Crippen LogP contribution in [0.5, 0.6) is 0 Å². The molecule has 0 fully saturated rings. The van der Waals surface area contributed by atoms with Crippen LogP contribution in [0.2, 0.25) is 0 Å². The zero-order chi connectivity index (χ0) is 12.1. The Morgan fingerprint density at radius 3 is 1.80 bits per heavy atom. The van der Waals surface area contributed by atoms with E-state index in [-0.39, 0.29) is 21.5 Å². The summed E-state index contributed by atoms with van der Waals surface area (Å²) in [5, 5.41) is 0. The van der Waals surface area contributed by atoms with Crippen molar-refractivity contribution in [3.05, 3.63) is 0 Å². The molecule has 8 heteroatoms. The van der Waals surface area contributed by atoms with Gasteiger partial charge in [-0.15, -0.1) is 35.7 Å². The summed E-state index contributed by atoms with van der Waals surface area (Å²) in [5.74, 6) is 0. The third-order valence-electron chi connectivity index (χ3n) is 1.67. The van der Waals surface area contributed by atoms with Gasteiger partial charge in [0, 0.05) is 0 Å². The minimum absolute atomic E-state index is 0.0850. The lowest BCUT2D eigenvalue weighted by Gasteiger charge is -2.25. The molecule has 0 spiro atoms. The molecule has 0 aliphatic carbocycles. The number of rotatable bonds is 6. The molecule has 0 aliphatic heterocycles. The normalized spacial score (nSPS) is 13.2. The van der Waals surface area contributed by atoms with Crippen LogP contribution >= 0.6 is 57.2 Å². The smallest absolute Gasteiger partial charge is 0.0921 e. The van der Waals surface area contributed by atoms with Crippen LogP contribution in [0.25, 0.3) is 0 Å². The summed E-state index contributed by atoms with van der Waals surface area (Å²) in [5.41, 5.74) is 0.436. The summed E-state index contributed by atoms with van der Waals surface area (Å²) >= 11 is 0. The first-order chi connectivity index (χ1) is 6.74. The van der Waals surface area contributed by atoms with E-state index in [1.165, 1.54) is 12.8 Å². The predicted octanol–water partition coefficient (Wildman–Crippen LogP) is 6.18. The van der Waals surface area contributed by atoms with Gasteiger partial charge in [-0.2, -0.15) is 0 Å². The highest BCUT2D eigenvalue weighted by atomic mass is 33.0. The first kappa shape index (κ1) is 18.0. The van der Waals surface area contributed by atoms with Crippen LogP contribution in [0.1, 0.15) is 33.6 Å². The van der Waals surface area contributed by atoms with Gasteiger partial charge in [0.05, 0.1) is 14.1 Å². The molecule has 4 atom stereocenters. The van der Waals surface area contributed by atoms with Gasteiger partial charge in [-0.25, -0.2) is 0 Å². The van der Waals surface area contributed by atoms with Gasteiger partial charge < -0.3 is 4.52 Å². The second kappa shape index (κ2) is 8.97. The van der Waals surface area contributed by atoms with E-state index in [0.717, 1.165) is 6.61 Å². The van der Waals surface area contributed by atoms with Gasteiger partial charge in [-0.3, -0.25) is 0 Å². The van der Waals surface area contributed by atoms with E-state index >= 15 is 0 Å². The molecule has 0 rings (SSSR count). The van der Waals surface area contributed by atoms with Gasteiger partial charge >= 0.3 is 0 Å². The van der Waals surface area contributed by atoms with E-state index in [9.17, 15) is 0 Å². The number of hydrogen-bond acceptors (Lipinski definition) is 1. The van der Waals surface area contributed by atoms with E-state index in [4.69, 9.17) is 4.52 Å². The fraction of sp³-hybridized carbons (Fsp3) is 1.00. The van der Waals surface area contributed by atoms with Gasteiger partial charge in [-0.1, -0.05) is 20.8 Å². The maximum Gasteiger partial charge on any atom is 0.0921 e. The maximum absolute atomic E-state index is 6.00. The van der Waals surface area contributed by atoms with Crippen molar-refractivity contribution in [2.45, 2.75) is 33.6 Å². The average Bonchev–Trinajstić information content (AvgIpc) is 2.00. The van der Waals surface area contributed by atoms with Gasteiger partial charge in [-0.05, 0) is 32.2 Å². The van der Waals surface area contributed by atoms with Gasteiger partial charge in [0.2, 0.25) is 0 Å². The van der Waals surface area contributed by atoms with E-state index < -0.39 is 0 Å². The molecule has 0 amide bonds. The molecule has 0 aromatic carbocycles. The molecule has 4 unspecified atom stereocenters. The van der Waals surface area contributed by atoms with Crippen molar-refractivity contribution in [3.63, 3.8) is 0 Å². The first-order valence-corrected chi connectivity index (χ1v) is 16.6. The molecule has 0 radical (unpaired) electrons. The Hall–Kier alpha value is 2.97. The largest absolute Gasteiger partial charge is 0.349 e. The average molecular weight is 340 g/mol. The minimum atomic E-state index is -0.245. The van der Waals surface area contributed by atoms with Crippen LogP contribution in [0, 0.1) is 5.41 Å². The molecule has 0 aliphatic rings. The van der Waals surface area contributed by atoms with Crippen LogP contribution in [0.3, 0.4) is 0 Å². The zero-order valence-electron chi connectivity index (χ0n) is 9.68. The van der Waals surface area contributed by atoms with Gasteiger partial charge in [0.25, 0.3) is 0 Å². The van der Waals surface area contributed by atoms with Crippen LogP contribution in [-0.2, 0) is 4.52 Å². The lowest BCUT2D eigenvalue weighted by Crippen LogP contribution is -2.05. The lowest BCUT2D eigenvalue weighted by atomic mass is 9.91. The Morgan fingerprint density at radius 2 is 1.47 bits per heavy atom. The Bertz CT molecular complexity index is 159. The van der Waals surface area contributed by atoms with Crippen molar-refractivity contribution in [2.75, 3.05) is 6.61 Å². The topological polar surface area (TPSA) is 9.23 Å². The summed E-state index contributed by atoms with van der Waals surface area (Å²) in [6.45, 7) is 7.60. The summed E-state index contributed by atoms with van der Waals surface area (Å²) in [6.07, 6.45) is 2.42. The van der Waals surface area contributed by atoms with Crippen LogP contribution < -0.4 is 0 Å². The Labute approximate surface area is 107 Å². The summed E-state index contributed by atoms with van der Waals surface area (Å²) in [6, 6.07) is 0. The fourth-order valence-electron chi connectivity index (χ4n) is 1.00. The molecule has 0 N–H and O–H groups in total. The van der Waals surface area contributed by atoms with Crippen LogP contribution in [-0.4, -0.2) is 6.61 Å². The number of hydrogen-bond donors (Lipinski definition) is 0. The fourth-order valence-corrected chi connectivity index (χ4v) is 34.1. The van der Waals surface area contributed by atoms with Crippen LogP contribution in [0.15, 0.2) is 0 Å². The molecule has 0 bridgehead atoms. The molecule has 92 valence electrons. The SMILES string of the molecule is CC(C)(C)CCCOP(P(P)P)P(P)P. The lowest BCUT2D eigenvalue weighted by molar-refractivity contribution is 0.294. The maximum atomic E-state index is 6.00. The first-order valence-electron chi connectivity index (χ1n) is 4.76. The second-order valence-corrected chi connectivity index (χ2v) is 28.2. The predicted molar refractivity (Wildman–Crippen MR) is 94.2 cm³/mol. The van der Waals surface area contributed by atoms with Crippen LogP contribution in [0.4, 0.5) is 0 Å². The molecular weight excluding hydrogens is 317 g/mol. The molecule has 0 saturated heterocycles. The van der Waals surface area contributed by atoms with Crippen molar-refractivity contribution in [1.82, 2.24) is 0 Å². The minimum Gasteiger partial charge on any atom is -0.349 e. The third-order valence-corrected chi connectivity index (χ3v) is 24.2. The van der Waals surface area contributed by atoms with Crippen molar-refractivity contribution in [2.24, 2.45) is 5.41 Å². The summed E-state index contributed by atoms with van der Waals surface area (Å²) in [7, 11) is 11.3. The molecule has 15 heavy (non-hydrogen) atoms. The zero-order valence-corrected chi connectivity index (χ0v) is 17.0. The van der Waals surface area contributed by atoms with Crippen molar-refractivity contribution >= 4 is 57.2 Å². The standard InChI is InChI=1S/C7H23OP7/c1-7(2,3)5-4-6-8-13(14(9)10)15(11)12/h4-6,9-12H2,1-3H3. The highest BCUT2D eigenvalue weighted by molar-refractivity contribution is 8.96. The second-order valence-electron chi connectivity index (χ2n) is 4.51. The Morgan fingerprint density at radius 1 is 1.00 bits per heavy atom. The molecule has 0 saturated carbocycles. The Kier molecular flexibility index (Phi) is 10.7. The highest BCUT2D eigenvalue weighted by Gasteiger charge is 2.19. The van der Waals surface area contributed by atoms with Crippen molar-refractivity contribution in [3.8, 4) is 0 Å². The molecular formula is C7H23OP7. The third kappa shape index (κ3) is 10.6. The van der Waals surface area contributed by atoms with E-state index in [0.29, 0.717) is 5.41 Å². The van der Waals surface area contributed by atoms with Gasteiger partial charge in [0.1, 0.15) is 0 Å². The van der Waals surface area contributed by atoms with E-state index in [2.05, 4.69) is 56.5 Å². The molecule has 0 aromatic rings. The molecule has 0 aromatic heterocycles. The molecule has 0 heterocycles. The van der Waals surface area contributed by atoms with Gasteiger partial charge in [0.15, 0.2) is 0 Å². The van der Waals surface area contributed by atoms with Crippen molar-refractivity contribution in [1.29, 1.82) is 0 Å². The summed E-state index contributed by atoms with van der Waals surface area (Å²) in [4.78, 5) is 0. The molecule has 1 nitrogen and oxygen atoms in total. The quantitative estimate of drug-likeness (QED) is 0.414. The monoisotopic (exact) mass is 340 g/mol.